The molecule has 0 N–H and O–H groups in total. The highest BCUT2D eigenvalue weighted by Crippen LogP contribution is 2.43. The maximum absolute atomic E-state index is 5.13. The second-order valence-electron chi connectivity index (χ2n) is 13.9. The highest BCUT2D eigenvalue weighted by Gasteiger charge is 2.18. The highest BCUT2D eigenvalue weighted by molar-refractivity contribution is 6.19. The lowest BCUT2D eigenvalue weighted by Crippen LogP contribution is -1.98. The lowest BCUT2D eigenvalue weighted by molar-refractivity contribution is 0.968. The van der Waals surface area contributed by atoms with E-state index in [1.807, 2.05) is 0 Å². The van der Waals surface area contributed by atoms with Gasteiger partial charge < -0.3 is 0 Å². The standard InChI is InChI=1S/C52H40N2/c1-3-37(28-27-36(2)42-33-34-48-49(35-42)54(43-21-11-6-12-22-43)52(53-48)41-19-9-5-10-20-41)50-44-23-13-15-25-46(44)51(47-26-16-14-24-45(47)50)40-31-29-39(30-32-40)38-17-7-4-8-18-38/h3-36H,1-2H3/b28-27-,37-3+. The van der Waals surface area contributed by atoms with Gasteiger partial charge in [-0.05, 0) is 97.6 Å². The number of allylic oxidation sites excluding steroid dienone is 4. The maximum atomic E-state index is 5.13. The van der Waals surface area contributed by atoms with Crippen molar-refractivity contribution >= 4 is 38.2 Å². The Morgan fingerprint density at radius 1 is 0.537 bits per heavy atom. The first-order valence-electron chi connectivity index (χ1n) is 18.8. The van der Waals surface area contributed by atoms with Gasteiger partial charge >= 0.3 is 0 Å². The van der Waals surface area contributed by atoms with Crippen molar-refractivity contribution in [2.24, 2.45) is 0 Å². The quantitative estimate of drug-likeness (QED) is 0.114. The van der Waals surface area contributed by atoms with E-state index < -0.39 is 0 Å². The fraction of sp³-hybridized carbons (Fsp3) is 0.0577. The molecule has 54 heavy (non-hydrogen) atoms. The highest BCUT2D eigenvalue weighted by atomic mass is 15.1. The predicted octanol–water partition coefficient (Wildman–Crippen LogP) is 14.1. The summed E-state index contributed by atoms with van der Waals surface area (Å²) in [5.74, 6) is 1.12. The summed E-state index contributed by atoms with van der Waals surface area (Å²) in [4.78, 5) is 5.13. The minimum absolute atomic E-state index is 0.170. The molecule has 0 spiro atoms. The van der Waals surface area contributed by atoms with Crippen LogP contribution in [0.25, 0.3) is 77.5 Å². The smallest absolute Gasteiger partial charge is 0.145 e. The zero-order valence-electron chi connectivity index (χ0n) is 30.5. The van der Waals surface area contributed by atoms with Crippen molar-refractivity contribution < 1.29 is 0 Å². The number of fused-ring (bicyclic) bond motifs is 3. The number of imidazole rings is 1. The van der Waals surface area contributed by atoms with Gasteiger partial charge in [0.1, 0.15) is 5.82 Å². The zero-order valence-corrected chi connectivity index (χ0v) is 30.5. The molecular formula is C52H40N2. The number of hydrogen-bond acceptors (Lipinski definition) is 1. The number of rotatable bonds is 8. The van der Waals surface area contributed by atoms with Crippen LogP contribution in [0.15, 0.2) is 200 Å². The van der Waals surface area contributed by atoms with E-state index in [2.05, 4.69) is 219 Å². The fourth-order valence-electron chi connectivity index (χ4n) is 7.89. The summed E-state index contributed by atoms with van der Waals surface area (Å²) in [6.07, 6.45) is 6.92. The molecular weight excluding hydrogens is 653 g/mol. The second kappa shape index (κ2) is 14.3. The Morgan fingerprint density at radius 3 is 1.67 bits per heavy atom. The molecule has 8 aromatic carbocycles. The number of aromatic nitrogens is 2. The summed E-state index contributed by atoms with van der Waals surface area (Å²) in [5, 5.41) is 5.03. The Kier molecular flexibility index (Phi) is 8.78. The van der Waals surface area contributed by atoms with Crippen LogP contribution in [-0.2, 0) is 0 Å². The van der Waals surface area contributed by atoms with Crippen LogP contribution in [0.3, 0.4) is 0 Å². The number of benzene rings is 8. The summed E-state index contributed by atoms with van der Waals surface area (Å²) in [6, 6.07) is 65.1. The molecule has 0 amide bonds. The molecule has 0 saturated heterocycles. The fourth-order valence-corrected chi connectivity index (χ4v) is 7.89. The van der Waals surface area contributed by atoms with Crippen LogP contribution in [0, 0.1) is 0 Å². The minimum atomic E-state index is 0.170. The second-order valence-corrected chi connectivity index (χ2v) is 13.9. The Hall–Kier alpha value is -6.77. The van der Waals surface area contributed by atoms with Crippen molar-refractivity contribution in [3.63, 3.8) is 0 Å². The molecule has 2 heteroatoms. The normalized spacial score (nSPS) is 12.6. The summed E-state index contributed by atoms with van der Waals surface area (Å²) < 4.78 is 2.29. The van der Waals surface area contributed by atoms with Crippen LogP contribution in [-0.4, -0.2) is 9.55 Å². The average Bonchev–Trinajstić information content (AvgIpc) is 3.63. The van der Waals surface area contributed by atoms with E-state index >= 15 is 0 Å². The Balaban J connectivity index is 1.12. The first-order chi connectivity index (χ1) is 26.7. The van der Waals surface area contributed by atoms with Gasteiger partial charge in [0.15, 0.2) is 0 Å². The van der Waals surface area contributed by atoms with E-state index in [9.17, 15) is 0 Å². The molecule has 0 fully saturated rings. The topological polar surface area (TPSA) is 17.8 Å². The molecule has 0 saturated carbocycles. The molecule has 9 rings (SSSR count). The molecule has 1 atom stereocenters. The maximum Gasteiger partial charge on any atom is 0.145 e. The van der Waals surface area contributed by atoms with Gasteiger partial charge in [0.05, 0.1) is 11.0 Å². The van der Waals surface area contributed by atoms with Gasteiger partial charge in [-0.2, -0.15) is 0 Å². The van der Waals surface area contributed by atoms with Crippen LogP contribution < -0.4 is 0 Å². The minimum Gasteiger partial charge on any atom is -0.292 e. The van der Waals surface area contributed by atoms with E-state index in [0.717, 1.165) is 28.1 Å². The van der Waals surface area contributed by atoms with Gasteiger partial charge in [0, 0.05) is 11.3 Å². The van der Waals surface area contributed by atoms with Crippen LogP contribution in [0.4, 0.5) is 0 Å². The molecule has 9 aromatic rings. The lowest BCUT2D eigenvalue weighted by Gasteiger charge is -2.18. The first kappa shape index (κ1) is 33.1. The molecule has 1 heterocycles. The number of para-hydroxylation sites is 1. The number of hydrogen-bond donors (Lipinski definition) is 0. The van der Waals surface area contributed by atoms with E-state index in [4.69, 9.17) is 4.98 Å². The van der Waals surface area contributed by atoms with Crippen molar-refractivity contribution in [1.82, 2.24) is 9.55 Å². The predicted molar refractivity (Wildman–Crippen MR) is 230 cm³/mol. The van der Waals surface area contributed by atoms with E-state index in [1.54, 1.807) is 0 Å². The van der Waals surface area contributed by atoms with Crippen molar-refractivity contribution in [2.75, 3.05) is 0 Å². The van der Waals surface area contributed by atoms with Gasteiger partial charge in [-0.25, -0.2) is 4.98 Å². The summed E-state index contributed by atoms with van der Waals surface area (Å²) in [6.45, 7) is 4.43. The van der Waals surface area contributed by atoms with Gasteiger partial charge in [-0.1, -0.05) is 183 Å². The van der Waals surface area contributed by atoms with Crippen molar-refractivity contribution in [3.05, 3.63) is 211 Å². The molecule has 2 nitrogen and oxygen atoms in total. The van der Waals surface area contributed by atoms with Gasteiger partial charge in [0.25, 0.3) is 0 Å². The van der Waals surface area contributed by atoms with Crippen LogP contribution in [0.1, 0.15) is 30.9 Å². The molecule has 258 valence electrons. The molecule has 1 unspecified atom stereocenters. The van der Waals surface area contributed by atoms with Crippen molar-refractivity contribution in [3.8, 4) is 39.3 Å². The monoisotopic (exact) mass is 692 g/mol. The van der Waals surface area contributed by atoms with E-state index in [1.165, 1.54) is 60.5 Å². The van der Waals surface area contributed by atoms with Gasteiger partial charge in [0.2, 0.25) is 0 Å². The Bertz CT molecular complexity index is 2750. The Morgan fingerprint density at radius 2 is 1.06 bits per heavy atom. The molecule has 0 bridgehead atoms. The Labute approximate surface area is 317 Å². The third-order valence-corrected chi connectivity index (χ3v) is 10.6. The van der Waals surface area contributed by atoms with Crippen molar-refractivity contribution in [1.29, 1.82) is 0 Å². The molecule has 0 aliphatic rings. The largest absolute Gasteiger partial charge is 0.292 e. The van der Waals surface area contributed by atoms with Crippen LogP contribution in [0.2, 0.25) is 0 Å². The SMILES string of the molecule is C/C=C(\C=C/C(C)c1ccc2nc(-c3ccccc3)n(-c3ccccc3)c2c1)c1c2ccccc2c(-c2ccc(-c3ccccc3)cc2)c2ccccc12. The van der Waals surface area contributed by atoms with E-state index in [-0.39, 0.29) is 5.92 Å². The molecule has 0 aliphatic heterocycles. The molecule has 0 radical (unpaired) electrons. The van der Waals surface area contributed by atoms with E-state index in [0.29, 0.717) is 0 Å². The molecule has 1 aromatic heterocycles. The van der Waals surface area contributed by atoms with Crippen LogP contribution in [0.5, 0.6) is 0 Å². The number of nitrogens with zero attached hydrogens (tertiary/aromatic N) is 2. The third-order valence-electron chi connectivity index (χ3n) is 10.6. The lowest BCUT2D eigenvalue weighted by atomic mass is 9.85. The van der Waals surface area contributed by atoms with Gasteiger partial charge in [-0.3, -0.25) is 4.57 Å². The van der Waals surface area contributed by atoms with Gasteiger partial charge in [-0.15, -0.1) is 0 Å². The zero-order chi connectivity index (χ0) is 36.4. The molecule has 0 aliphatic carbocycles. The first-order valence-corrected chi connectivity index (χ1v) is 18.8. The van der Waals surface area contributed by atoms with Crippen molar-refractivity contribution in [2.45, 2.75) is 19.8 Å². The summed E-state index contributed by atoms with van der Waals surface area (Å²) in [5.41, 5.74) is 13.0. The summed E-state index contributed by atoms with van der Waals surface area (Å²) >= 11 is 0. The summed E-state index contributed by atoms with van der Waals surface area (Å²) in [7, 11) is 0. The third kappa shape index (κ3) is 6.02. The average molecular weight is 693 g/mol. The van der Waals surface area contributed by atoms with Crippen LogP contribution >= 0.6 is 0 Å².